The first-order valence-electron chi connectivity index (χ1n) is 26.4. The molecule has 6 fully saturated rings. The van der Waals surface area contributed by atoms with Gasteiger partial charge in [0.2, 0.25) is 31.7 Å². The Morgan fingerprint density at radius 3 is 2.11 bits per heavy atom. The highest BCUT2D eigenvalue weighted by Gasteiger charge is 2.61. The van der Waals surface area contributed by atoms with Crippen LogP contribution in [-0.4, -0.2) is 109 Å². The van der Waals surface area contributed by atoms with Crippen molar-refractivity contribution < 1.29 is 39.8 Å². The molecule has 2 aromatic carbocycles. The Labute approximate surface area is 436 Å². The van der Waals surface area contributed by atoms with Gasteiger partial charge in [0.1, 0.15) is 23.7 Å². The molecule has 0 bridgehead atoms. The van der Waals surface area contributed by atoms with Gasteiger partial charge >= 0.3 is 0 Å². The van der Waals surface area contributed by atoms with E-state index in [1.165, 1.54) is 12.8 Å². The van der Waals surface area contributed by atoms with E-state index in [-0.39, 0.29) is 43.3 Å². The van der Waals surface area contributed by atoms with Gasteiger partial charge in [-0.3, -0.25) is 9.44 Å². The molecule has 3 aliphatic heterocycles. The number of imidazole rings is 1. The van der Waals surface area contributed by atoms with Crippen LogP contribution < -0.4 is 28.8 Å². The number of H-pyrrole nitrogens is 1. The van der Waals surface area contributed by atoms with Crippen molar-refractivity contribution in [2.24, 2.45) is 16.7 Å². The number of rotatable bonds is 14. The first-order valence-corrected chi connectivity index (χ1v) is 30.1. The molecule has 0 radical (unpaired) electrons. The number of aromatic amines is 1. The number of hydrogen-bond acceptors (Lipinski definition) is 13. The van der Waals surface area contributed by atoms with Crippen LogP contribution in [0.15, 0.2) is 71.4 Å². The zero-order chi connectivity index (χ0) is 52.1. The van der Waals surface area contributed by atoms with E-state index in [4.69, 9.17) is 19.6 Å². The average Bonchev–Trinajstić information content (AvgIpc) is 3.89. The van der Waals surface area contributed by atoms with Gasteiger partial charge in [0, 0.05) is 80.9 Å². The maximum Gasteiger partial charge on any atom is 0.251 e. The fourth-order valence-corrected chi connectivity index (χ4v) is 13.4. The number of piperidine rings is 3. The zero-order valence-corrected chi connectivity index (χ0v) is 44.2. The summed E-state index contributed by atoms with van der Waals surface area (Å²) in [5.74, 6) is -0.440. The van der Waals surface area contributed by atoms with Crippen molar-refractivity contribution in [2.75, 3.05) is 75.9 Å². The van der Waals surface area contributed by atoms with Crippen molar-refractivity contribution in [3.05, 3.63) is 78.4 Å². The Balaban J connectivity index is 0.847. The summed E-state index contributed by atoms with van der Waals surface area (Å²) < 4.78 is 93.9. The maximum absolute atomic E-state index is 14.0. The van der Waals surface area contributed by atoms with E-state index in [1.54, 1.807) is 23.2 Å². The molecule has 7 heterocycles. The number of furan rings is 1. The number of aromatic nitrogens is 7. The van der Waals surface area contributed by atoms with Gasteiger partial charge in [0.15, 0.2) is 17.6 Å². The molecule has 0 amide bonds. The van der Waals surface area contributed by atoms with Crippen molar-refractivity contribution >= 4 is 48.7 Å². The molecule has 2 atom stereocenters. The third-order valence-electron chi connectivity index (χ3n) is 16.9. The first-order chi connectivity index (χ1) is 35.8. The van der Waals surface area contributed by atoms with Crippen LogP contribution >= 0.6 is 0 Å². The number of halogens is 2. The lowest BCUT2D eigenvalue weighted by Gasteiger charge is -2.35. The van der Waals surface area contributed by atoms with Crippen LogP contribution in [0.5, 0.6) is 0 Å². The fraction of sp³-hybridized carbons (Fsp3) is 0.528. The van der Waals surface area contributed by atoms with Crippen molar-refractivity contribution in [3.8, 4) is 39.9 Å². The lowest BCUT2D eigenvalue weighted by Crippen LogP contribution is -2.40. The highest BCUT2D eigenvalue weighted by molar-refractivity contribution is 7.92. The molecule has 2 spiro atoms. The monoisotopic (exact) mass is 1070 g/mol. The predicted molar refractivity (Wildman–Crippen MR) is 282 cm³/mol. The summed E-state index contributed by atoms with van der Waals surface area (Å²) in [5, 5.41) is 16.8. The van der Waals surface area contributed by atoms with Crippen molar-refractivity contribution in [1.82, 2.24) is 29.8 Å². The summed E-state index contributed by atoms with van der Waals surface area (Å²) in [7, 11) is -7.12. The van der Waals surface area contributed by atoms with Crippen molar-refractivity contribution in [3.63, 3.8) is 0 Å². The minimum Gasteiger partial charge on any atom is -0.454 e. The number of sulfonamides is 2. The molecule has 3 saturated carbocycles. The standard InChI is InChI=1S/C53H64F2N12O6S2/c1-34-28-39(59-50(57-34)65-26-20-53(54,55)21-27-65)40-32-56-49(58-40)38-10-8-36(60-74(2,69)70)29-42(38)63-24-18-52(19-25-63)31-47(52)67-44(45-12-13-46(73-45)48(68)35-6-4-5-7-35)33-66(62-67)41-11-9-37(61-75(3,71)72)30-43(41)64-22-16-51(14-15-51)17-23-64/h8-13,28-30,32-33,35,47-48,61-62,68H,4-7,14-27,31H2,1-3H3/p+1. The van der Waals surface area contributed by atoms with Gasteiger partial charge in [-0.2, -0.15) is 0 Å². The van der Waals surface area contributed by atoms with Gasteiger partial charge in [-0.25, -0.2) is 40.6 Å². The minimum absolute atomic E-state index is 0.0107. The Bertz CT molecular complexity index is 3360. The van der Waals surface area contributed by atoms with Crippen molar-refractivity contribution in [1.29, 1.82) is 0 Å². The average molecular weight is 1070 g/mol. The van der Waals surface area contributed by atoms with E-state index in [0.29, 0.717) is 70.3 Å². The van der Waals surface area contributed by atoms with E-state index < -0.39 is 32.1 Å². The molecule has 2 unspecified atom stereocenters. The summed E-state index contributed by atoms with van der Waals surface area (Å²) in [5.41, 5.74) is 7.20. The van der Waals surface area contributed by atoms with E-state index in [0.717, 1.165) is 112 Å². The molecule has 3 aliphatic carbocycles. The van der Waals surface area contributed by atoms with Gasteiger partial charge < -0.3 is 29.2 Å². The molecular weight excluding hydrogens is 1000 g/mol. The van der Waals surface area contributed by atoms with E-state index in [2.05, 4.69) is 33.9 Å². The van der Waals surface area contributed by atoms with E-state index in [1.807, 2.05) is 60.3 Å². The topological polar surface area (TPSA) is 212 Å². The van der Waals surface area contributed by atoms with Crippen LogP contribution in [0.3, 0.4) is 0 Å². The summed E-state index contributed by atoms with van der Waals surface area (Å²) in [6.45, 7) is 5.19. The number of aliphatic hydroxyl groups is 1. The van der Waals surface area contributed by atoms with Crippen molar-refractivity contribution in [2.45, 2.75) is 108 Å². The molecule has 6 aromatic rings. The number of aryl methyl sites for hydroxylation is 1. The van der Waals surface area contributed by atoms with Gasteiger partial charge in [0.05, 0.1) is 52.4 Å². The third kappa shape index (κ3) is 10.3. The van der Waals surface area contributed by atoms with Crippen LogP contribution in [0, 0.1) is 23.7 Å². The first kappa shape index (κ1) is 49.7. The van der Waals surface area contributed by atoms with Gasteiger partial charge in [-0.1, -0.05) is 17.5 Å². The number of nitrogens with zero attached hydrogens (tertiary/aromatic N) is 9. The van der Waals surface area contributed by atoms with Crippen LogP contribution in [0.25, 0.3) is 39.9 Å². The van der Waals surface area contributed by atoms with E-state index >= 15 is 0 Å². The van der Waals surface area contributed by atoms with Crippen LogP contribution in [0.1, 0.15) is 107 Å². The van der Waals surface area contributed by atoms with Crippen LogP contribution in [0.2, 0.25) is 0 Å². The smallest absolute Gasteiger partial charge is 0.251 e. The molecule has 3 saturated heterocycles. The Kier molecular flexibility index (Phi) is 12.3. The highest BCUT2D eigenvalue weighted by atomic mass is 32.2. The molecule has 75 heavy (non-hydrogen) atoms. The minimum atomic E-state index is -3.59. The lowest BCUT2D eigenvalue weighted by atomic mass is 9.91. The number of alkyl halides is 2. The number of nitrogens with one attached hydrogen (secondary N) is 3. The molecule has 4 N–H and O–H groups in total. The molecule has 6 aliphatic rings. The summed E-state index contributed by atoms with van der Waals surface area (Å²) in [4.78, 5) is 24.0. The molecule has 22 heteroatoms. The zero-order valence-electron chi connectivity index (χ0n) is 42.6. The van der Waals surface area contributed by atoms with Gasteiger partial charge in [-0.05, 0) is 124 Å². The lowest BCUT2D eigenvalue weighted by molar-refractivity contribution is -0.661. The molecule has 398 valence electrons. The molecular formula is C53H65F2N12O6S2+. The number of benzene rings is 2. The predicted octanol–water partition coefficient (Wildman–Crippen LogP) is 8.39. The van der Waals surface area contributed by atoms with Crippen LogP contribution in [0.4, 0.5) is 37.5 Å². The number of hydrogen-bond donors (Lipinski definition) is 4. The largest absolute Gasteiger partial charge is 0.454 e. The quantitative estimate of drug-likeness (QED) is 0.0756. The molecule has 12 rings (SSSR count). The van der Waals surface area contributed by atoms with Gasteiger partial charge in [0.25, 0.3) is 5.92 Å². The van der Waals surface area contributed by atoms with E-state index in [9.17, 15) is 30.7 Å². The normalized spacial score (nSPS) is 21.7. The van der Waals surface area contributed by atoms with Gasteiger partial charge in [-0.15, -0.1) is 4.68 Å². The second-order valence-electron chi connectivity index (χ2n) is 22.4. The summed E-state index contributed by atoms with van der Waals surface area (Å²) >= 11 is 0. The Hall–Kier alpha value is -6.13. The second-order valence-corrected chi connectivity index (χ2v) is 25.9. The number of aliphatic hydroxyl groups excluding tert-OH is 1. The molecule has 18 nitrogen and oxygen atoms in total. The SMILES string of the molecule is Cc1cc(-c2cnc(-c3ccc(NS(C)(=O)=O)cc3N3CCC4(CC3)CC4n3n[n+](-c4ccc(NS(C)(=O)=O)cc4N4CCC5(CC4)CC5)cc3-c3ccc(C(O)C4CCCC4)o3)[nH]2)nc(N2CCC(F)(F)CC2)n1. The summed E-state index contributed by atoms with van der Waals surface area (Å²) in [6.07, 6.45) is 16.1. The molecule has 4 aromatic heterocycles. The summed E-state index contributed by atoms with van der Waals surface area (Å²) in [6, 6.07) is 16.7. The maximum atomic E-state index is 14.0. The number of anilines is 5. The third-order valence-corrected chi connectivity index (χ3v) is 18.1. The highest BCUT2D eigenvalue weighted by Crippen LogP contribution is 2.63. The Morgan fingerprint density at radius 2 is 1.43 bits per heavy atom. The Morgan fingerprint density at radius 1 is 0.787 bits per heavy atom. The second kappa shape index (κ2) is 18.6. The van der Waals surface area contributed by atoms with Crippen LogP contribution in [-0.2, 0) is 20.0 Å². The fourth-order valence-electron chi connectivity index (χ4n) is 12.3.